The predicted octanol–water partition coefficient (Wildman–Crippen LogP) is 3.48. The smallest absolute Gasteiger partial charge is 0.398 e. The molecule has 4 nitrogen and oxygen atoms in total. The molecule has 1 aliphatic heterocycles. The summed E-state index contributed by atoms with van der Waals surface area (Å²) in [5, 5.41) is 3.36. The van der Waals surface area contributed by atoms with E-state index in [0.29, 0.717) is 6.08 Å². The fourth-order valence-electron chi connectivity index (χ4n) is 2.11. The Morgan fingerprint density at radius 2 is 1.88 bits per heavy atom. The lowest BCUT2D eigenvalue weighted by Gasteiger charge is -2.32. The third kappa shape index (κ3) is 3.49. The van der Waals surface area contributed by atoms with Crippen LogP contribution < -0.4 is 0 Å². The van der Waals surface area contributed by atoms with Crippen LogP contribution in [0.25, 0.3) is 6.08 Å². The van der Waals surface area contributed by atoms with Gasteiger partial charge in [-0.3, -0.25) is 4.68 Å². The molecule has 0 atom stereocenters. The number of alkyl halides is 3. The lowest BCUT2D eigenvalue weighted by atomic mass is 9.87. The molecule has 1 saturated heterocycles. The lowest BCUT2D eigenvalue weighted by Crippen LogP contribution is -2.41. The van der Waals surface area contributed by atoms with Gasteiger partial charge >= 0.3 is 13.3 Å². The minimum atomic E-state index is -4.73. The zero-order valence-electron chi connectivity index (χ0n) is 13.7. The van der Waals surface area contributed by atoms with Crippen molar-refractivity contribution in [3.05, 3.63) is 23.2 Å². The van der Waals surface area contributed by atoms with Crippen molar-refractivity contribution >= 4 is 13.2 Å². The Balaban J connectivity index is 2.36. The quantitative estimate of drug-likeness (QED) is 0.479. The molecule has 0 unspecified atom stereocenters. The summed E-state index contributed by atoms with van der Waals surface area (Å²) >= 11 is 0. The van der Waals surface area contributed by atoms with Crippen LogP contribution in [0.4, 0.5) is 17.6 Å². The minimum Gasteiger partial charge on any atom is -0.398 e. The molecule has 0 saturated carbocycles. The van der Waals surface area contributed by atoms with Crippen molar-refractivity contribution in [2.75, 3.05) is 0 Å². The Hall–Kier alpha value is -1.79. The average molecular weight is 344 g/mol. The molecule has 1 fully saturated rings. The van der Waals surface area contributed by atoms with E-state index in [1.807, 2.05) is 0 Å². The summed E-state index contributed by atoms with van der Waals surface area (Å²) in [7, 11) is -1.38. The fourth-order valence-corrected chi connectivity index (χ4v) is 2.11. The molecule has 2 heterocycles. The van der Waals surface area contributed by atoms with E-state index in [4.69, 9.17) is 15.7 Å². The molecule has 0 aliphatic carbocycles. The summed E-state index contributed by atoms with van der Waals surface area (Å²) in [4.78, 5) is 0. The van der Waals surface area contributed by atoms with Crippen LogP contribution in [0.3, 0.4) is 0 Å². The maximum absolute atomic E-state index is 14.4. The summed E-state index contributed by atoms with van der Waals surface area (Å²) in [5.74, 6) is 2.18. The third-order valence-corrected chi connectivity index (χ3v) is 4.08. The first-order chi connectivity index (χ1) is 10.9. The van der Waals surface area contributed by atoms with Gasteiger partial charge in [0.2, 0.25) is 0 Å². The highest BCUT2D eigenvalue weighted by Gasteiger charge is 2.53. The summed E-state index contributed by atoms with van der Waals surface area (Å²) < 4.78 is 65.4. The van der Waals surface area contributed by atoms with Gasteiger partial charge in [0.05, 0.1) is 11.2 Å². The van der Waals surface area contributed by atoms with Crippen molar-refractivity contribution in [3.8, 4) is 12.3 Å². The average Bonchev–Trinajstić information content (AvgIpc) is 2.89. The topological polar surface area (TPSA) is 36.3 Å². The Morgan fingerprint density at radius 3 is 2.33 bits per heavy atom. The Kier molecular flexibility index (Phi) is 4.59. The molecular weight excluding hydrogens is 327 g/mol. The Morgan fingerprint density at radius 1 is 1.33 bits per heavy atom. The van der Waals surface area contributed by atoms with Gasteiger partial charge in [-0.05, 0) is 33.8 Å². The fraction of sp³-hybridized carbons (Fsp3) is 0.533. The van der Waals surface area contributed by atoms with Crippen molar-refractivity contribution in [2.45, 2.75) is 51.6 Å². The number of halogens is 4. The van der Waals surface area contributed by atoms with E-state index in [-0.39, 0.29) is 6.54 Å². The highest BCUT2D eigenvalue weighted by atomic mass is 19.4. The van der Waals surface area contributed by atoms with Gasteiger partial charge in [0.25, 0.3) is 0 Å². The first-order valence-electron chi connectivity index (χ1n) is 7.18. The molecule has 1 aliphatic rings. The molecule has 0 bridgehead atoms. The minimum absolute atomic E-state index is 0.158. The van der Waals surface area contributed by atoms with E-state index in [2.05, 4.69) is 11.0 Å². The van der Waals surface area contributed by atoms with Gasteiger partial charge < -0.3 is 9.31 Å². The maximum atomic E-state index is 14.4. The summed E-state index contributed by atoms with van der Waals surface area (Å²) in [6, 6.07) is 0. The first-order valence-corrected chi connectivity index (χ1v) is 7.18. The van der Waals surface area contributed by atoms with Crippen LogP contribution in [-0.4, -0.2) is 28.1 Å². The van der Waals surface area contributed by atoms with Crippen LogP contribution in [0.2, 0.25) is 0 Å². The van der Waals surface area contributed by atoms with Crippen molar-refractivity contribution in [1.82, 2.24) is 9.78 Å². The van der Waals surface area contributed by atoms with Crippen LogP contribution in [0.5, 0.6) is 0 Å². The molecule has 9 heteroatoms. The Labute approximate surface area is 138 Å². The normalized spacial score (nSPS) is 20.3. The number of hydrogen-bond donors (Lipinski definition) is 0. The van der Waals surface area contributed by atoms with E-state index in [1.165, 1.54) is 0 Å². The number of terminal acetylenes is 1. The van der Waals surface area contributed by atoms with E-state index in [0.717, 1.165) is 10.9 Å². The third-order valence-electron chi connectivity index (χ3n) is 4.08. The zero-order valence-corrected chi connectivity index (χ0v) is 13.7. The molecular formula is C15H17BF4N2O2. The number of nitrogens with zero attached hydrogens (tertiary/aromatic N) is 2. The second-order valence-corrected chi connectivity index (χ2v) is 6.45. The molecule has 24 heavy (non-hydrogen) atoms. The van der Waals surface area contributed by atoms with E-state index < -0.39 is 41.5 Å². The zero-order chi connectivity index (χ0) is 18.3. The second-order valence-electron chi connectivity index (χ2n) is 6.45. The highest BCUT2D eigenvalue weighted by molar-refractivity contribution is 6.54. The molecule has 1 aromatic heterocycles. The van der Waals surface area contributed by atoms with E-state index in [1.54, 1.807) is 27.7 Å². The summed E-state index contributed by atoms with van der Waals surface area (Å²) in [5.41, 5.74) is -4.24. The molecule has 2 rings (SSSR count). The van der Waals surface area contributed by atoms with Gasteiger partial charge in [-0.2, -0.15) is 18.3 Å². The molecule has 0 spiro atoms. The lowest BCUT2D eigenvalue weighted by molar-refractivity contribution is -0.141. The van der Waals surface area contributed by atoms with Crippen LogP contribution in [0.1, 0.15) is 39.0 Å². The predicted molar refractivity (Wildman–Crippen MR) is 81.2 cm³/mol. The van der Waals surface area contributed by atoms with Crippen LogP contribution in [0, 0.1) is 12.3 Å². The van der Waals surface area contributed by atoms with Crippen LogP contribution >= 0.6 is 0 Å². The molecule has 0 aromatic carbocycles. The van der Waals surface area contributed by atoms with E-state index in [9.17, 15) is 17.6 Å². The van der Waals surface area contributed by atoms with Gasteiger partial charge in [0, 0.05) is 11.8 Å². The summed E-state index contributed by atoms with van der Waals surface area (Å²) in [6.45, 7) is 6.70. The molecule has 1 aromatic rings. The Bertz CT molecular complexity index is 685. The largest absolute Gasteiger partial charge is 0.525 e. The standard InChI is InChI=1S/C15H17BF4N2O2/c1-6-7-22-9-10(12(21-22)15(18,19)20)8-11(17)16-23-13(2,3)14(4,5)24-16/h1,8-9H,7H2,2-5H3. The van der Waals surface area contributed by atoms with Crippen LogP contribution in [-0.2, 0) is 22.0 Å². The number of hydrogen-bond acceptors (Lipinski definition) is 3. The molecule has 0 N–H and O–H groups in total. The van der Waals surface area contributed by atoms with Crippen molar-refractivity contribution < 1.29 is 26.9 Å². The van der Waals surface area contributed by atoms with Crippen molar-refractivity contribution in [2.24, 2.45) is 0 Å². The van der Waals surface area contributed by atoms with Crippen molar-refractivity contribution in [1.29, 1.82) is 0 Å². The van der Waals surface area contributed by atoms with Gasteiger partial charge in [-0.25, -0.2) is 4.39 Å². The van der Waals surface area contributed by atoms with Gasteiger partial charge in [0.1, 0.15) is 12.3 Å². The van der Waals surface area contributed by atoms with Crippen LogP contribution in [0.15, 0.2) is 11.9 Å². The first kappa shape index (κ1) is 18.6. The second kappa shape index (κ2) is 5.94. The van der Waals surface area contributed by atoms with Gasteiger partial charge in [-0.15, -0.1) is 6.42 Å². The van der Waals surface area contributed by atoms with E-state index >= 15 is 0 Å². The monoisotopic (exact) mass is 344 g/mol. The maximum Gasteiger partial charge on any atom is 0.525 e. The number of rotatable bonds is 3. The molecule has 0 radical (unpaired) electrons. The van der Waals surface area contributed by atoms with Crippen molar-refractivity contribution in [3.63, 3.8) is 0 Å². The van der Waals surface area contributed by atoms with Gasteiger partial charge in [-0.1, -0.05) is 5.92 Å². The number of aromatic nitrogens is 2. The summed E-state index contributed by atoms with van der Waals surface area (Å²) in [6.07, 6.45) is 2.08. The highest BCUT2D eigenvalue weighted by Crippen LogP contribution is 2.39. The molecule has 130 valence electrons. The SMILES string of the molecule is C#CCn1cc(C=C(F)B2OC(C)(C)C(C)(C)O2)c(C(F)(F)F)n1. The molecule has 0 amide bonds. The van der Waals surface area contributed by atoms with Gasteiger partial charge in [0.15, 0.2) is 5.69 Å².